The Labute approximate surface area is 73.7 Å². The number of aromatic nitrogens is 1. The van der Waals surface area contributed by atoms with Gasteiger partial charge in [-0.15, -0.1) is 11.3 Å². The van der Waals surface area contributed by atoms with Gasteiger partial charge in [-0.25, -0.2) is 4.98 Å². The molecule has 2 aromatic rings. The lowest BCUT2D eigenvalue weighted by molar-refractivity contribution is 0.335. The van der Waals surface area contributed by atoms with Gasteiger partial charge in [0.2, 0.25) is 0 Å². The number of aryl methyl sites for hydroxylation is 1. The molecule has 0 aliphatic heterocycles. The Morgan fingerprint density at radius 3 is 3.08 bits per heavy atom. The summed E-state index contributed by atoms with van der Waals surface area (Å²) in [6.07, 6.45) is 0. The van der Waals surface area contributed by atoms with E-state index in [-0.39, 0.29) is 0 Å². The Morgan fingerprint density at radius 2 is 2.33 bits per heavy atom. The molecule has 0 radical (unpaired) electrons. The van der Waals surface area contributed by atoms with Crippen LogP contribution in [0.5, 0.6) is 5.75 Å². The van der Waals surface area contributed by atoms with Crippen molar-refractivity contribution >= 4 is 21.6 Å². The number of hydrogen-bond acceptors (Lipinski definition) is 4. The molecule has 2 rings (SSSR count). The molecule has 2 N–H and O–H groups in total. The number of benzene rings is 1. The zero-order valence-electron chi connectivity index (χ0n) is 6.57. The fourth-order valence-electron chi connectivity index (χ4n) is 1.10. The molecule has 12 heavy (non-hydrogen) atoms. The number of fused-ring (bicyclic) bond motifs is 1. The van der Waals surface area contributed by atoms with Crippen LogP contribution in [-0.4, -0.2) is 4.98 Å². The predicted octanol–water partition coefficient (Wildman–Crippen LogP) is 1.86. The van der Waals surface area contributed by atoms with E-state index in [1.807, 2.05) is 25.1 Å². The third-order valence-corrected chi connectivity index (χ3v) is 2.55. The van der Waals surface area contributed by atoms with Crippen molar-refractivity contribution in [3.8, 4) is 5.75 Å². The maximum absolute atomic E-state index is 5.02. The molecule has 3 nitrogen and oxygen atoms in total. The van der Waals surface area contributed by atoms with Gasteiger partial charge >= 0.3 is 0 Å². The molecule has 0 saturated heterocycles. The maximum atomic E-state index is 5.02. The topological polar surface area (TPSA) is 48.1 Å². The molecule has 0 saturated carbocycles. The average molecular weight is 180 g/mol. The molecule has 62 valence electrons. The summed E-state index contributed by atoms with van der Waals surface area (Å²) >= 11 is 1.66. The predicted molar refractivity (Wildman–Crippen MR) is 49.2 cm³/mol. The molecule has 1 aromatic heterocycles. The van der Waals surface area contributed by atoms with E-state index in [1.165, 1.54) is 0 Å². The first-order valence-corrected chi connectivity index (χ1v) is 4.35. The van der Waals surface area contributed by atoms with Gasteiger partial charge in [0.15, 0.2) is 0 Å². The molecule has 0 fully saturated rings. The third kappa shape index (κ3) is 1.15. The molecule has 0 amide bonds. The fraction of sp³-hybridized carbons (Fsp3) is 0.125. The van der Waals surface area contributed by atoms with Gasteiger partial charge in [-0.2, -0.15) is 5.90 Å². The van der Waals surface area contributed by atoms with Crippen molar-refractivity contribution < 1.29 is 4.84 Å². The summed E-state index contributed by atoms with van der Waals surface area (Å²) in [6.45, 7) is 1.98. The first-order chi connectivity index (χ1) is 5.79. The molecule has 0 spiro atoms. The molecule has 0 aliphatic carbocycles. The summed E-state index contributed by atoms with van der Waals surface area (Å²) < 4.78 is 1.16. The number of hydrogen-bond donors (Lipinski definition) is 1. The third-order valence-electron chi connectivity index (χ3n) is 1.60. The normalized spacial score (nSPS) is 10.5. The first kappa shape index (κ1) is 7.52. The zero-order chi connectivity index (χ0) is 8.55. The van der Waals surface area contributed by atoms with E-state index in [1.54, 1.807) is 11.3 Å². The van der Waals surface area contributed by atoms with E-state index in [2.05, 4.69) is 9.82 Å². The van der Waals surface area contributed by atoms with Crippen LogP contribution >= 0.6 is 11.3 Å². The van der Waals surface area contributed by atoms with Gasteiger partial charge < -0.3 is 4.84 Å². The van der Waals surface area contributed by atoms with Crippen LogP contribution in [0.1, 0.15) is 5.01 Å². The van der Waals surface area contributed by atoms with Crippen LogP contribution in [0.3, 0.4) is 0 Å². The summed E-state index contributed by atoms with van der Waals surface area (Å²) in [4.78, 5) is 8.90. The second-order valence-electron chi connectivity index (χ2n) is 2.48. The van der Waals surface area contributed by atoms with Gasteiger partial charge in [0.05, 0.1) is 15.2 Å². The molecular weight excluding hydrogens is 172 g/mol. The largest absolute Gasteiger partial charge is 0.411 e. The minimum atomic E-state index is 0.646. The van der Waals surface area contributed by atoms with Gasteiger partial charge in [0.25, 0.3) is 0 Å². The van der Waals surface area contributed by atoms with Crippen molar-refractivity contribution in [2.24, 2.45) is 5.90 Å². The van der Waals surface area contributed by atoms with Gasteiger partial charge in [0, 0.05) is 6.07 Å². The van der Waals surface area contributed by atoms with Crippen LogP contribution < -0.4 is 10.7 Å². The highest BCUT2D eigenvalue weighted by atomic mass is 32.1. The lowest BCUT2D eigenvalue weighted by Crippen LogP contribution is -2.00. The second kappa shape index (κ2) is 2.73. The van der Waals surface area contributed by atoms with E-state index in [0.29, 0.717) is 5.75 Å². The van der Waals surface area contributed by atoms with Crippen molar-refractivity contribution in [1.29, 1.82) is 0 Å². The minimum absolute atomic E-state index is 0.646. The smallest absolute Gasteiger partial charge is 0.149 e. The Kier molecular flexibility index (Phi) is 1.71. The van der Waals surface area contributed by atoms with E-state index in [0.717, 1.165) is 15.2 Å². The van der Waals surface area contributed by atoms with E-state index in [9.17, 15) is 0 Å². The highest BCUT2D eigenvalue weighted by Crippen LogP contribution is 2.24. The second-order valence-corrected chi connectivity index (χ2v) is 3.72. The SMILES string of the molecule is Cc1nc2cc(ON)ccc2s1. The Balaban J connectivity index is 2.66. The Hall–Kier alpha value is -1.13. The van der Waals surface area contributed by atoms with Crippen molar-refractivity contribution in [2.75, 3.05) is 0 Å². The molecule has 0 atom stereocenters. The van der Waals surface area contributed by atoms with Gasteiger partial charge in [-0.3, -0.25) is 0 Å². The van der Waals surface area contributed by atoms with E-state index >= 15 is 0 Å². The average Bonchev–Trinajstić information content (AvgIpc) is 2.43. The highest BCUT2D eigenvalue weighted by Gasteiger charge is 2.00. The number of thiazole rings is 1. The maximum Gasteiger partial charge on any atom is 0.149 e. The van der Waals surface area contributed by atoms with E-state index < -0.39 is 0 Å². The zero-order valence-corrected chi connectivity index (χ0v) is 7.39. The molecule has 0 bridgehead atoms. The Bertz CT molecular complexity index is 410. The lowest BCUT2D eigenvalue weighted by Gasteiger charge is -1.95. The molecular formula is C8H8N2OS. The van der Waals surface area contributed by atoms with Gasteiger partial charge in [0.1, 0.15) is 5.75 Å². The summed E-state index contributed by atoms with van der Waals surface area (Å²) in [7, 11) is 0. The van der Waals surface area contributed by atoms with Crippen LogP contribution in [0.15, 0.2) is 18.2 Å². The van der Waals surface area contributed by atoms with Crippen LogP contribution in [0.4, 0.5) is 0 Å². The quantitative estimate of drug-likeness (QED) is 0.681. The standard InChI is InChI=1S/C8H8N2OS/c1-5-10-7-4-6(11-9)2-3-8(7)12-5/h2-4H,9H2,1H3. The van der Waals surface area contributed by atoms with Gasteiger partial charge in [-0.05, 0) is 19.1 Å². The summed E-state index contributed by atoms with van der Waals surface area (Å²) in [6, 6.07) is 5.63. The Morgan fingerprint density at radius 1 is 1.50 bits per heavy atom. The first-order valence-electron chi connectivity index (χ1n) is 3.53. The summed E-state index contributed by atoms with van der Waals surface area (Å²) in [5.41, 5.74) is 0.945. The summed E-state index contributed by atoms with van der Waals surface area (Å²) in [5.74, 6) is 5.67. The van der Waals surface area contributed by atoms with Gasteiger partial charge in [-0.1, -0.05) is 0 Å². The van der Waals surface area contributed by atoms with E-state index in [4.69, 9.17) is 5.90 Å². The summed E-state index contributed by atoms with van der Waals surface area (Å²) in [5, 5.41) is 1.05. The number of nitrogens with zero attached hydrogens (tertiary/aromatic N) is 1. The monoisotopic (exact) mass is 180 g/mol. The minimum Gasteiger partial charge on any atom is -0.411 e. The molecule has 0 unspecified atom stereocenters. The number of nitrogens with two attached hydrogens (primary N) is 1. The van der Waals surface area contributed by atoms with Crippen LogP contribution in [0.25, 0.3) is 10.2 Å². The van der Waals surface area contributed by atoms with Crippen molar-refractivity contribution in [3.63, 3.8) is 0 Å². The molecule has 0 aliphatic rings. The number of rotatable bonds is 1. The molecule has 1 aromatic carbocycles. The van der Waals surface area contributed by atoms with Crippen molar-refractivity contribution in [1.82, 2.24) is 4.98 Å². The molecule has 4 heteroatoms. The lowest BCUT2D eigenvalue weighted by atomic mass is 10.3. The fourth-order valence-corrected chi connectivity index (χ4v) is 1.90. The van der Waals surface area contributed by atoms with Crippen molar-refractivity contribution in [2.45, 2.75) is 6.92 Å². The molecule has 1 heterocycles. The highest BCUT2D eigenvalue weighted by molar-refractivity contribution is 7.18. The van der Waals surface area contributed by atoms with Crippen LogP contribution in [-0.2, 0) is 0 Å². The van der Waals surface area contributed by atoms with Crippen LogP contribution in [0.2, 0.25) is 0 Å². The van der Waals surface area contributed by atoms with Crippen molar-refractivity contribution in [3.05, 3.63) is 23.2 Å². The van der Waals surface area contributed by atoms with Crippen LogP contribution in [0, 0.1) is 6.92 Å².